The van der Waals surface area contributed by atoms with Gasteiger partial charge in [0.1, 0.15) is 0 Å². The lowest BCUT2D eigenvalue weighted by Gasteiger charge is -2.14. The summed E-state index contributed by atoms with van der Waals surface area (Å²) in [4.78, 5) is 5.42. The summed E-state index contributed by atoms with van der Waals surface area (Å²) in [5.41, 5.74) is 12.6. The first-order valence-electron chi connectivity index (χ1n) is 18.7. The zero-order chi connectivity index (χ0) is 33.8. The predicted molar refractivity (Wildman–Crippen MR) is 218 cm³/mol. The van der Waals surface area contributed by atoms with Gasteiger partial charge in [0.05, 0.1) is 0 Å². The summed E-state index contributed by atoms with van der Waals surface area (Å²) in [5, 5.41) is 0. The van der Waals surface area contributed by atoms with E-state index in [1.807, 2.05) is 22.7 Å². The average Bonchev–Trinajstić information content (AvgIpc) is 3.84. The second kappa shape index (κ2) is 17.8. The third-order valence-corrected chi connectivity index (χ3v) is 12.2. The summed E-state index contributed by atoms with van der Waals surface area (Å²) < 4.78 is 0. The van der Waals surface area contributed by atoms with E-state index in [4.69, 9.17) is 0 Å². The molecule has 0 nitrogen and oxygen atoms in total. The maximum Gasteiger partial charge on any atom is 0.0352 e. The summed E-state index contributed by atoms with van der Waals surface area (Å²) in [6.07, 6.45) is 14.9. The number of thiophene rings is 2. The van der Waals surface area contributed by atoms with Crippen LogP contribution in [0.4, 0.5) is 0 Å². The lowest BCUT2D eigenvalue weighted by molar-refractivity contribution is 0.667. The van der Waals surface area contributed by atoms with E-state index in [-0.39, 0.29) is 0 Å². The molecule has 2 heterocycles. The molecule has 0 bridgehead atoms. The van der Waals surface area contributed by atoms with Crippen LogP contribution in [0.5, 0.6) is 0 Å². The van der Waals surface area contributed by atoms with Crippen molar-refractivity contribution in [1.29, 1.82) is 0 Å². The van der Waals surface area contributed by atoms with E-state index in [9.17, 15) is 0 Å². The standard InChI is InChI=1S/C47H52S2/c1-4-6-8-11-15-36-19-21-37(22-20-36)23-24-38-25-27-40(28-26-38)45-29-31-46(48-45)42-34-41(18-12-9-7-5-2)43(33-35(42)3)47-32-30-44(49-47)39-16-13-10-14-17-39/h10,13-14,16-17,19-22,25-34H,4-9,11-12,15,18,23-24H2,1-3H3. The van der Waals surface area contributed by atoms with E-state index in [2.05, 4.69) is 136 Å². The molecule has 0 saturated heterocycles. The van der Waals surface area contributed by atoms with Crippen LogP contribution in [0.3, 0.4) is 0 Å². The SMILES string of the molecule is CCCCCCc1ccc(CCc2ccc(-c3ccc(-c4cc(CCCCCC)c(-c5ccc(-c6ccccc6)s5)cc4C)s3)cc2)cc1. The molecule has 2 aromatic heterocycles. The number of hydrogen-bond acceptors (Lipinski definition) is 2. The van der Waals surface area contributed by atoms with Crippen LogP contribution in [0, 0.1) is 6.92 Å². The number of hydrogen-bond donors (Lipinski definition) is 0. The van der Waals surface area contributed by atoms with Gasteiger partial charge >= 0.3 is 0 Å². The van der Waals surface area contributed by atoms with Crippen LogP contribution in [0.1, 0.15) is 93.0 Å². The minimum absolute atomic E-state index is 1.08. The second-order valence-corrected chi connectivity index (χ2v) is 15.8. The fourth-order valence-corrected chi connectivity index (χ4v) is 8.98. The van der Waals surface area contributed by atoms with Gasteiger partial charge in [-0.05, 0) is 132 Å². The van der Waals surface area contributed by atoms with Gasteiger partial charge in [-0.15, -0.1) is 22.7 Å². The smallest absolute Gasteiger partial charge is 0.0352 e. The molecule has 0 aliphatic rings. The minimum Gasteiger partial charge on any atom is -0.135 e. The van der Waals surface area contributed by atoms with Gasteiger partial charge in [-0.3, -0.25) is 0 Å². The second-order valence-electron chi connectivity index (χ2n) is 13.7. The van der Waals surface area contributed by atoms with E-state index in [1.165, 1.54) is 127 Å². The summed E-state index contributed by atoms with van der Waals surface area (Å²) >= 11 is 3.84. The highest BCUT2D eigenvalue weighted by molar-refractivity contribution is 7.19. The Morgan fingerprint density at radius 3 is 1.49 bits per heavy atom. The molecule has 0 N–H and O–H groups in total. The maximum absolute atomic E-state index is 2.51. The molecule has 6 rings (SSSR count). The molecule has 0 aliphatic carbocycles. The normalized spacial score (nSPS) is 11.3. The molecule has 0 atom stereocenters. The zero-order valence-corrected chi connectivity index (χ0v) is 31.4. The largest absolute Gasteiger partial charge is 0.135 e. The Kier molecular flexibility index (Phi) is 12.8. The molecular weight excluding hydrogens is 629 g/mol. The molecule has 49 heavy (non-hydrogen) atoms. The predicted octanol–water partition coefficient (Wildman–Crippen LogP) is 14.8. The van der Waals surface area contributed by atoms with Gasteiger partial charge < -0.3 is 0 Å². The maximum atomic E-state index is 2.51. The van der Waals surface area contributed by atoms with Crippen molar-refractivity contribution >= 4 is 22.7 Å². The fourth-order valence-electron chi connectivity index (χ4n) is 6.83. The molecule has 0 aliphatic heterocycles. The van der Waals surface area contributed by atoms with Crippen LogP contribution in [-0.2, 0) is 25.7 Å². The molecular formula is C47H52S2. The third-order valence-electron chi connectivity index (χ3n) is 9.83. The van der Waals surface area contributed by atoms with Gasteiger partial charge in [0.15, 0.2) is 0 Å². The first-order valence-corrected chi connectivity index (χ1v) is 20.3. The summed E-state index contributed by atoms with van der Waals surface area (Å²) in [6, 6.07) is 43.7. The third kappa shape index (κ3) is 9.50. The highest BCUT2D eigenvalue weighted by atomic mass is 32.1. The molecule has 0 saturated carbocycles. The average molecular weight is 681 g/mol. The molecule has 2 heteroatoms. The van der Waals surface area contributed by atoms with Crippen molar-refractivity contribution in [2.45, 2.75) is 97.8 Å². The van der Waals surface area contributed by atoms with Crippen molar-refractivity contribution < 1.29 is 0 Å². The van der Waals surface area contributed by atoms with Crippen LogP contribution >= 0.6 is 22.7 Å². The van der Waals surface area contributed by atoms with Crippen molar-refractivity contribution in [3.8, 4) is 41.8 Å². The first kappa shape index (κ1) is 35.1. The van der Waals surface area contributed by atoms with Crippen molar-refractivity contribution in [2.75, 3.05) is 0 Å². The van der Waals surface area contributed by atoms with E-state index < -0.39 is 0 Å². The van der Waals surface area contributed by atoms with E-state index >= 15 is 0 Å². The van der Waals surface area contributed by atoms with Crippen molar-refractivity contribution in [3.05, 3.63) is 143 Å². The minimum atomic E-state index is 1.08. The molecule has 6 aromatic rings. The number of aryl methyl sites for hydroxylation is 5. The van der Waals surface area contributed by atoms with E-state index in [0.717, 1.165) is 19.3 Å². The molecule has 4 aromatic carbocycles. The molecule has 0 fully saturated rings. The van der Waals surface area contributed by atoms with Gasteiger partial charge in [-0.1, -0.05) is 131 Å². The molecule has 0 spiro atoms. The van der Waals surface area contributed by atoms with Gasteiger partial charge in [0, 0.05) is 19.5 Å². The number of rotatable bonds is 17. The molecule has 252 valence electrons. The van der Waals surface area contributed by atoms with Gasteiger partial charge in [-0.25, -0.2) is 0 Å². The Morgan fingerprint density at radius 1 is 0.408 bits per heavy atom. The lowest BCUT2D eigenvalue weighted by atomic mass is 9.93. The Morgan fingerprint density at radius 2 is 0.898 bits per heavy atom. The van der Waals surface area contributed by atoms with Gasteiger partial charge in [0.25, 0.3) is 0 Å². The van der Waals surface area contributed by atoms with Crippen LogP contribution in [-0.4, -0.2) is 0 Å². The zero-order valence-electron chi connectivity index (χ0n) is 29.8. The van der Waals surface area contributed by atoms with Crippen molar-refractivity contribution in [3.63, 3.8) is 0 Å². The van der Waals surface area contributed by atoms with Crippen molar-refractivity contribution in [1.82, 2.24) is 0 Å². The van der Waals surface area contributed by atoms with Gasteiger partial charge in [0.2, 0.25) is 0 Å². The highest BCUT2D eigenvalue weighted by Crippen LogP contribution is 2.42. The molecule has 0 radical (unpaired) electrons. The number of unbranched alkanes of at least 4 members (excludes halogenated alkanes) is 6. The monoisotopic (exact) mass is 680 g/mol. The van der Waals surface area contributed by atoms with Crippen molar-refractivity contribution in [2.24, 2.45) is 0 Å². The van der Waals surface area contributed by atoms with Crippen LogP contribution in [0.15, 0.2) is 115 Å². The molecule has 0 unspecified atom stereocenters. The summed E-state index contributed by atoms with van der Waals surface area (Å²) in [5.74, 6) is 0. The Labute approximate surface area is 303 Å². The highest BCUT2D eigenvalue weighted by Gasteiger charge is 2.15. The Hall–Kier alpha value is -3.72. The summed E-state index contributed by atoms with van der Waals surface area (Å²) in [7, 11) is 0. The number of benzene rings is 4. The van der Waals surface area contributed by atoms with E-state index in [0.29, 0.717) is 0 Å². The van der Waals surface area contributed by atoms with Crippen LogP contribution in [0.2, 0.25) is 0 Å². The Balaban J connectivity index is 1.14. The lowest BCUT2D eigenvalue weighted by Crippen LogP contribution is -1.94. The quantitative estimate of drug-likeness (QED) is 0.0841. The van der Waals surface area contributed by atoms with Gasteiger partial charge in [-0.2, -0.15) is 0 Å². The summed E-state index contributed by atoms with van der Waals surface area (Å²) in [6.45, 7) is 6.87. The Bertz CT molecular complexity index is 1870. The first-order chi connectivity index (χ1) is 24.1. The van der Waals surface area contributed by atoms with Crippen LogP contribution < -0.4 is 0 Å². The fraction of sp³-hybridized carbons (Fsp3) is 0.319. The van der Waals surface area contributed by atoms with E-state index in [1.54, 1.807) is 0 Å². The topological polar surface area (TPSA) is 0 Å². The van der Waals surface area contributed by atoms with Crippen LogP contribution in [0.25, 0.3) is 41.8 Å². The molecule has 0 amide bonds.